The molecule has 3 aromatic rings. The Labute approximate surface area is 157 Å². The molecule has 2 aromatic heterocycles. The second kappa shape index (κ2) is 7.09. The number of aromatic nitrogens is 2. The van der Waals surface area contributed by atoms with E-state index in [9.17, 15) is 0 Å². The molecular weight excluding hydrogens is 346 g/mol. The van der Waals surface area contributed by atoms with Gasteiger partial charge in [0.15, 0.2) is 0 Å². The maximum Gasteiger partial charge on any atom is 0.231 e. The first-order valence-corrected chi connectivity index (χ1v) is 9.62. The Hall–Kier alpha value is -2.38. The highest BCUT2D eigenvalue weighted by Gasteiger charge is 2.15. The third kappa shape index (κ3) is 3.32. The topological polar surface area (TPSA) is 53.5 Å². The molecule has 7 heteroatoms. The molecule has 1 saturated heterocycles. The lowest BCUT2D eigenvalue weighted by Gasteiger charge is -2.34. The first kappa shape index (κ1) is 17.1. The number of likely N-dealkylation sites (N-methyl/N-ethyl adjacent to an activating group) is 1. The van der Waals surface area contributed by atoms with Crippen molar-refractivity contribution in [1.82, 2.24) is 14.9 Å². The van der Waals surface area contributed by atoms with Gasteiger partial charge in [-0.2, -0.15) is 4.98 Å². The van der Waals surface area contributed by atoms with Gasteiger partial charge in [0.05, 0.1) is 12.5 Å². The lowest BCUT2D eigenvalue weighted by atomic mass is 10.2. The van der Waals surface area contributed by atoms with Gasteiger partial charge in [-0.3, -0.25) is 0 Å². The molecular formula is C19H23N5OS. The van der Waals surface area contributed by atoms with Crippen LogP contribution in [0.5, 0.6) is 5.88 Å². The van der Waals surface area contributed by atoms with Crippen molar-refractivity contribution >= 4 is 38.9 Å². The van der Waals surface area contributed by atoms with Gasteiger partial charge in [-0.25, -0.2) is 4.98 Å². The monoisotopic (exact) mass is 369 g/mol. The van der Waals surface area contributed by atoms with E-state index in [2.05, 4.69) is 68.7 Å². The molecule has 0 atom stereocenters. The number of benzene rings is 1. The van der Waals surface area contributed by atoms with E-state index < -0.39 is 0 Å². The summed E-state index contributed by atoms with van der Waals surface area (Å²) in [7, 11) is 3.82. The summed E-state index contributed by atoms with van der Waals surface area (Å²) in [6, 6.07) is 8.46. The number of methoxy groups -OCH3 is 1. The van der Waals surface area contributed by atoms with Crippen LogP contribution in [0.4, 0.5) is 17.3 Å². The molecule has 4 rings (SSSR count). The molecule has 26 heavy (non-hydrogen) atoms. The fourth-order valence-corrected chi connectivity index (χ4v) is 4.11. The van der Waals surface area contributed by atoms with E-state index in [-0.39, 0.29) is 0 Å². The van der Waals surface area contributed by atoms with Gasteiger partial charge in [-0.15, -0.1) is 11.3 Å². The van der Waals surface area contributed by atoms with Crippen LogP contribution in [0.1, 0.15) is 5.56 Å². The van der Waals surface area contributed by atoms with Crippen LogP contribution in [0.3, 0.4) is 0 Å². The summed E-state index contributed by atoms with van der Waals surface area (Å²) < 4.78 is 5.46. The average molecular weight is 369 g/mol. The molecule has 136 valence electrons. The van der Waals surface area contributed by atoms with E-state index in [1.165, 1.54) is 5.69 Å². The lowest BCUT2D eigenvalue weighted by Crippen LogP contribution is -2.44. The predicted molar refractivity (Wildman–Crippen MR) is 108 cm³/mol. The van der Waals surface area contributed by atoms with Crippen molar-refractivity contribution in [2.24, 2.45) is 0 Å². The summed E-state index contributed by atoms with van der Waals surface area (Å²) in [6.45, 7) is 6.40. The summed E-state index contributed by atoms with van der Waals surface area (Å²) in [5, 5.41) is 6.37. The van der Waals surface area contributed by atoms with Crippen molar-refractivity contribution in [1.29, 1.82) is 0 Å². The molecule has 1 aliphatic heterocycles. The highest BCUT2D eigenvalue weighted by atomic mass is 32.1. The number of ether oxygens (including phenoxy) is 1. The molecule has 1 aliphatic rings. The quantitative estimate of drug-likeness (QED) is 0.760. The second-order valence-corrected chi connectivity index (χ2v) is 7.48. The van der Waals surface area contributed by atoms with Crippen molar-refractivity contribution in [2.45, 2.75) is 6.92 Å². The lowest BCUT2D eigenvalue weighted by molar-refractivity contribution is 0.313. The summed E-state index contributed by atoms with van der Waals surface area (Å²) in [5.74, 6) is 1.17. The van der Waals surface area contributed by atoms with Crippen LogP contribution in [0.25, 0.3) is 10.2 Å². The maximum atomic E-state index is 5.46. The second-order valence-electron chi connectivity index (χ2n) is 6.62. The predicted octanol–water partition coefficient (Wildman–Crippen LogP) is 3.50. The Balaban J connectivity index is 1.53. The third-order valence-corrected chi connectivity index (χ3v) is 5.76. The minimum absolute atomic E-state index is 0.559. The molecule has 0 unspecified atom stereocenters. The summed E-state index contributed by atoms with van der Waals surface area (Å²) >= 11 is 1.61. The Kier molecular flexibility index (Phi) is 4.65. The van der Waals surface area contributed by atoms with E-state index in [4.69, 9.17) is 4.74 Å². The number of thiophene rings is 1. The first-order chi connectivity index (χ1) is 12.6. The van der Waals surface area contributed by atoms with Crippen molar-refractivity contribution in [3.05, 3.63) is 35.2 Å². The van der Waals surface area contributed by atoms with E-state index in [1.807, 2.05) is 0 Å². The standard InChI is InChI=1S/C19H23N5OS/c1-13-12-26-18-16(13)17(25-3)21-19(22-18)20-14-4-6-15(7-5-14)24-10-8-23(2)9-11-24/h4-7,12H,8-11H2,1-3H3,(H,20,21,22). The fraction of sp³-hybridized carbons (Fsp3) is 0.368. The number of piperazine rings is 1. The van der Waals surface area contributed by atoms with Crippen molar-refractivity contribution in [3.8, 4) is 5.88 Å². The van der Waals surface area contributed by atoms with Crippen LogP contribution in [-0.4, -0.2) is 55.2 Å². The number of hydrogen-bond acceptors (Lipinski definition) is 7. The molecule has 3 heterocycles. The summed E-state index contributed by atoms with van der Waals surface area (Å²) in [5.41, 5.74) is 3.37. The van der Waals surface area contributed by atoms with Gasteiger partial charge < -0.3 is 19.9 Å². The number of rotatable bonds is 4. The molecule has 0 bridgehead atoms. The zero-order chi connectivity index (χ0) is 18.1. The number of fused-ring (bicyclic) bond motifs is 1. The summed E-state index contributed by atoms with van der Waals surface area (Å²) in [4.78, 5) is 14.9. The third-order valence-electron chi connectivity index (χ3n) is 4.77. The van der Waals surface area contributed by atoms with E-state index in [1.54, 1.807) is 18.4 Å². The van der Waals surface area contributed by atoms with Gasteiger partial charge >= 0.3 is 0 Å². The summed E-state index contributed by atoms with van der Waals surface area (Å²) in [6.07, 6.45) is 0. The molecule has 0 radical (unpaired) electrons. The van der Waals surface area contributed by atoms with Gasteiger partial charge in [-0.05, 0) is 49.2 Å². The van der Waals surface area contributed by atoms with Gasteiger partial charge in [0, 0.05) is 37.6 Å². The Morgan fingerprint density at radius 3 is 2.50 bits per heavy atom. The molecule has 1 N–H and O–H groups in total. The zero-order valence-electron chi connectivity index (χ0n) is 15.3. The van der Waals surface area contributed by atoms with E-state index in [0.717, 1.165) is 47.6 Å². The van der Waals surface area contributed by atoms with Crippen molar-refractivity contribution in [3.63, 3.8) is 0 Å². The van der Waals surface area contributed by atoms with Crippen LogP contribution < -0.4 is 15.0 Å². The van der Waals surface area contributed by atoms with E-state index >= 15 is 0 Å². The minimum atomic E-state index is 0.559. The van der Waals surface area contributed by atoms with Crippen LogP contribution in [0, 0.1) is 6.92 Å². The van der Waals surface area contributed by atoms with Gasteiger partial charge in [0.1, 0.15) is 4.83 Å². The highest BCUT2D eigenvalue weighted by molar-refractivity contribution is 7.17. The van der Waals surface area contributed by atoms with E-state index in [0.29, 0.717) is 11.8 Å². The maximum absolute atomic E-state index is 5.46. The molecule has 0 amide bonds. The molecule has 0 spiro atoms. The van der Waals surface area contributed by atoms with Crippen LogP contribution >= 0.6 is 11.3 Å². The molecule has 1 aromatic carbocycles. The van der Waals surface area contributed by atoms with Crippen molar-refractivity contribution in [2.75, 3.05) is 50.6 Å². The normalized spacial score (nSPS) is 15.4. The number of hydrogen-bond donors (Lipinski definition) is 1. The molecule has 1 fully saturated rings. The molecule has 0 saturated carbocycles. The fourth-order valence-electron chi connectivity index (χ4n) is 3.20. The Morgan fingerprint density at radius 2 is 1.81 bits per heavy atom. The van der Waals surface area contributed by atoms with Gasteiger partial charge in [0.25, 0.3) is 0 Å². The number of anilines is 3. The van der Waals surface area contributed by atoms with Gasteiger partial charge in [0.2, 0.25) is 11.8 Å². The number of aryl methyl sites for hydroxylation is 1. The first-order valence-electron chi connectivity index (χ1n) is 8.74. The Morgan fingerprint density at radius 1 is 1.08 bits per heavy atom. The highest BCUT2D eigenvalue weighted by Crippen LogP contribution is 2.32. The van der Waals surface area contributed by atoms with Crippen molar-refractivity contribution < 1.29 is 4.74 Å². The number of nitrogens with one attached hydrogen (secondary N) is 1. The average Bonchev–Trinajstić information content (AvgIpc) is 3.03. The van der Waals surface area contributed by atoms with Crippen LogP contribution in [0.15, 0.2) is 29.6 Å². The van der Waals surface area contributed by atoms with Crippen LogP contribution in [0.2, 0.25) is 0 Å². The van der Waals surface area contributed by atoms with Gasteiger partial charge in [-0.1, -0.05) is 0 Å². The smallest absolute Gasteiger partial charge is 0.231 e. The number of nitrogens with zero attached hydrogens (tertiary/aromatic N) is 4. The molecule has 6 nitrogen and oxygen atoms in total. The van der Waals surface area contributed by atoms with Crippen LogP contribution in [-0.2, 0) is 0 Å². The largest absolute Gasteiger partial charge is 0.480 e. The molecule has 0 aliphatic carbocycles. The minimum Gasteiger partial charge on any atom is -0.480 e. The Bertz CT molecular complexity index is 900. The zero-order valence-corrected chi connectivity index (χ0v) is 16.1. The SMILES string of the molecule is COc1nc(Nc2ccc(N3CCN(C)CC3)cc2)nc2scc(C)c12.